The van der Waals surface area contributed by atoms with Crippen LogP contribution >= 0.6 is 0 Å². The number of pyridine rings is 1. The molecule has 1 aromatic heterocycles. The van der Waals surface area contributed by atoms with Crippen molar-refractivity contribution in [1.29, 1.82) is 0 Å². The number of nitrogens with two attached hydrogens (primary N) is 1. The van der Waals surface area contributed by atoms with Crippen molar-refractivity contribution in [2.24, 2.45) is 5.73 Å². The Kier molecular flexibility index (Phi) is 5.00. The minimum atomic E-state index is 0.727. The van der Waals surface area contributed by atoms with Gasteiger partial charge in [0.15, 0.2) is 0 Å². The van der Waals surface area contributed by atoms with E-state index in [1.807, 2.05) is 12.1 Å². The molecule has 1 heterocycles. The van der Waals surface area contributed by atoms with Crippen LogP contribution in [-0.2, 0) is 6.42 Å². The summed E-state index contributed by atoms with van der Waals surface area (Å²) in [6, 6.07) is 3.96. The van der Waals surface area contributed by atoms with Gasteiger partial charge in [0.1, 0.15) is 5.75 Å². The molecule has 0 aliphatic rings. The number of aryl methyl sites for hydroxylation is 1. The molecule has 0 unspecified atom stereocenters. The molecular weight excluding hydrogens is 176 g/mol. The Balaban J connectivity index is 2.29. The first-order valence-electron chi connectivity index (χ1n) is 5.14. The smallest absolute Gasteiger partial charge is 0.137 e. The maximum atomic E-state index is 5.49. The molecule has 1 aromatic rings. The van der Waals surface area contributed by atoms with Crippen LogP contribution in [0.5, 0.6) is 5.75 Å². The standard InChI is InChI=1S/C11H18N2O/c1-2-10-5-6-11(9-13-10)14-8-4-3-7-12/h5-6,9H,2-4,7-8,12H2,1H3. The summed E-state index contributed by atoms with van der Waals surface area (Å²) >= 11 is 0. The van der Waals surface area contributed by atoms with E-state index in [1.54, 1.807) is 6.20 Å². The van der Waals surface area contributed by atoms with Gasteiger partial charge in [-0.2, -0.15) is 0 Å². The van der Waals surface area contributed by atoms with Gasteiger partial charge >= 0.3 is 0 Å². The van der Waals surface area contributed by atoms with Crippen molar-refractivity contribution in [3.05, 3.63) is 24.0 Å². The molecule has 0 aliphatic heterocycles. The van der Waals surface area contributed by atoms with Gasteiger partial charge in [-0.25, -0.2) is 0 Å². The third kappa shape index (κ3) is 3.75. The van der Waals surface area contributed by atoms with Crippen LogP contribution in [0.1, 0.15) is 25.5 Å². The molecule has 0 amide bonds. The highest BCUT2D eigenvalue weighted by molar-refractivity contribution is 5.19. The number of nitrogens with zero attached hydrogens (tertiary/aromatic N) is 1. The average Bonchev–Trinajstić information content (AvgIpc) is 2.25. The van der Waals surface area contributed by atoms with Gasteiger partial charge in [-0.05, 0) is 37.9 Å². The van der Waals surface area contributed by atoms with Gasteiger partial charge in [0, 0.05) is 5.69 Å². The van der Waals surface area contributed by atoms with Crippen molar-refractivity contribution >= 4 is 0 Å². The van der Waals surface area contributed by atoms with Gasteiger partial charge < -0.3 is 10.5 Å². The van der Waals surface area contributed by atoms with Crippen molar-refractivity contribution < 1.29 is 4.74 Å². The lowest BCUT2D eigenvalue weighted by molar-refractivity contribution is 0.306. The zero-order valence-electron chi connectivity index (χ0n) is 8.70. The summed E-state index contributed by atoms with van der Waals surface area (Å²) in [6.45, 7) is 3.55. The zero-order valence-corrected chi connectivity index (χ0v) is 8.70. The van der Waals surface area contributed by atoms with E-state index < -0.39 is 0 Å². The monoisotopic (exact) mass is 194 g/mol. The molecule has 0 atom stereocenters. The van der Waals surface area contributed by atoms with Crippen molar-refractivity contribution in [2.45, 2.75) is 26.2 Å². The average molecular weight is 194 g/mol. The quantitative estimate of drug-likeness (QED) is 0.702. The van der Waals surface area contributed by atoms with Crippen molar-refractivity contribution in [3.8, 4) is 5.75 Å². The lowest BCUT2D eigenvalue weighted by Gasteiger charge is -2.05. The molecular formula is C11H18N2O. The fraction of sp³-hybridized carbons (Fsp3) is 0.545. The SMILES string of the molecule is CCc1ccc(OCCCCN)cn1. The van der Waals surface area contributed by atoms with E-state index in [2.05, 4.69) is 11.9 Å². The van der Waals surface area contributed by atoms with Crippen LogP contribution in [0.25, 0.3) is 0 Å². The maximum Gasteiger partial charge on any atom is 0.137 e. The molecule has 0 aliphatic carbocycles. The predicted molar refractivity (Wildman–Crippen MR) is 57.4 cm³/mol. The van der Waals surface area contributed by atoms with E-state index in [4.69, 9.17) is 10.5 Å². The van der Waals surface area contributed by atoms with Crippen molar-refractivity contribution in [3.63, 3.8) is 0 Å². The topological polar surface area (TPSA) is 48.1 Å². The highest BCUT2D eigenvalue weighted by atomic mass is 16.5. The second-order valence-electron chi connectivity index (χ2n) is 3.18. The van der Waals surface area contributed by atoms with Crippen LogP contribution in [-0.4, -0.2) is 18.1 Å². The molecule has 0 fully saturated rings. The first-order valence-corrected chi connectivity index (χ1v) is 5.14. The first kappa shape index (κ1) is 11.0. The van der Waals surface area contributed by atoms with Crippen LogP contribution in [0, 0.1) is 0 Å². The molecule has 0 saturated carbocycles. The molecule has 0 saturated heterocycles. The third-order valence-corrected chi connectivity index (χ3v) is 2.03. The summed E-state index contributed by atoms with van der Waals surface area (Å²) in [5, 5.41) is 0. The van der Waals surface area contributed by atoms with Crippen LogP contribution in [0.3, 0.4) is 0 Å². The second-order valence-corrected chi connectivity index (χ2v) is 3.18. The first-order chi connectivity index (χ1) is 6.86. The number of unbranched alkanes of at least 4 members (excludes halogenated alkanes) is 1. The second kappa shape index (κ2) is 6.38. The van der Waals surface area contributed by atoms with E-state index in [1.165, 1.54) is 0 Å². The van der Waals surface area contributed by atoms with Crippen molar-refractivity contribution in [1.82, 2.24) is 4.98 Å². The van der Waals surface area contributed by atoms with E-state index >= 15 is 0 Å². The third-order valence-electron chi connectivity index (χ3n) is 2.03. The number of hydrogen-bond donors (Lipinski definition) is 1. The van der Waals surface area contributed by atoms with Gasteiger partial charge in [-0.15, -0.1) is 0 Å². The largest absolute Gasteiger partial charge is 0.492 e. The molecule has 0 spiro atoms. The molecule has 1 rings (SSSR count). The van der Waals surface area contributed by atoms with Crippen LogP contribution < -0.4 is 10.5 Å². The number of aromatic nitrogens is 1. The summed E-state index contributed by atoms with van der Waals surface area (Å²) < 4.78 is 5.49. The summed E-state index contributed by atoms with van der Waals surface area (Å²) in [7, 11) is 0. The molecule has 0 bridgehead atoms. The van der Waals surface area contributed by atoms with E-state index in [0.29, 0.717) is 0 Å². The highest BCUT2D eigenvalue weighted by Crippen LogP contribution is 2.09. The van der Waals surface area contributed by atoms with E-state index in [0.717, 1.165) is 43.9 Å². The Morgan fingerprint density at radius 1 is 1.36 bits per heavy atom. The minimum Gasteiger partial charge on any atom is -0.492 e. The van der Waals surface area contributed by atoms with Crippen molar-refractivity contribution in [2.75, 3.05) is 13.2 Å². The summed E-state index contributed by atoms with van der Waals surface area (Å²) in [5.74, 6) is 0.847. The fourth-order valence-corrected chi connectivity index (χ4v) is 1.14. The molecule has 3 heteroatoms. The Hall–Kier alpha value is -1.09. The Morgan fingerprint density at radius 2 is 2.21 bits per heavy atom. The Morgan fingerprint density at radius 3 is 2.79 bits per heavy atom. The van der Waals surface area contributed by atoms with Crippen LogP contribution in [0.15, 0.2) is 18.3 Å². The molecule has 14 heavy (non-hydrogen) atoms. The van der Waals surface area contributed by atoms with Gasteiger partial charge in [0.25, 0.3) is 0 Å². The maximum absolute atomic E-state index is 5.49. The number of hydrogen-bond acceptors (Lipinski definition) is 3. The lowest BCUT2D eigenvalue weighted by Crippen LogP contribution is -2.03. The van der Waals surface area contributed by atoms with Gasteiger partial charge in [-0.3, -0.25) is 4.98 Å². The molecule has 0 aromatic carbocycles. The van der Waals surface area contributed by atoms with Gasteiger partial charge in [-0.1, -0.05) is 6.92 Å². The molecule has 0 radical (unpaired) electrons. The summed E-state index contributed by atoms with van der Waals surface area (Å²) in [6.07, 6.45) is 4.77. The fourth-order valence-electron chi connectivity index (χ4n) is 1.14. The van der Waals surface area contributed by atoms with E-state index in [9.17, 15) is 0 Å². The van der Waals surface area contributed by atoms with Crippen LogP contribution in [0.2, 0.25) is 0 Å². The zero-order chi connectivity index (χ0) is 10.2. The number of rotatable bonds is 6. The normalized spacial score (nSPS) is 10.1. The number of ether oxygens (including phenoxy) is 1. The summed E-state index contributed by atoms with van der Waals surface area (Å²) in [5.41, 5.74) is 6.47. The summed E-state index contributed by atoms with van der Waals surface area (Å²) in [4.78, 5) is 4.25. The Labute approximate surface area is 85.3 Å². The molecule has 78 valence electrons. The van der Waals surface area contributed by atoms with Crippen LogP contribution in [0.4, 0.5) is 0 Å². The Bertz CT molecular complexity index is 246. The predicted octanol–water partition coefficient (Wildman–Crippen LogP) is 1.76. The van der Waals surface area contributed by atoms with Gasteiger partial charge in [0.05, 0.1) is 12.8 Å². The highest BCUT2D eigenvalue weighted by Gasteiger charge is 1.94. The van der Waals surface area contributed by atoms with E-state index in [-0.39, 0.29) is 0 Å². The molecule has 2 N–H and O–H groups in total. The minimum absolute atomic E-state index is 0.727. The van der Waals surface area contributed by atoms with Gasteiger partial charge in [0.2, 0.25) is 0 Å². The lowest BCUT2D eigenvalue weighted by atomic mass is 10.3. The molecule has 3 nitrogen and oxygen atoms in total.